The van der Waals surface area contributed by atoms with E-state index in [1.54, 1.807) is 35.4 Å². The fraction of sp³-hybridized carbons (Fsp3) is 0.139. The number of rotatable bonds is 9. The molecule has 10 heteroatoms. The molecule has 0 saturated heterocycles. The second-order valence-corrected chi connectivity index (χ2v) is 13.1. The molecule has 0 spiro atoms. The third-order valence-electron chi connectivity index (χ3n) is 7.37. The Bertz CT molecular complexity index is 2110. The molecule has 46 heavy (non-hydrogen) atoms. The highest BCUT2D eigenvalue weighted by molar-refractivity contribution is 9.10. The third kappa shape index (κ3) is 6.65. The maximum atomic E-state index is 14.2. The molecule has 0 radical (unpaired) electrons. The quantitative estimate of drug-likeness (QED) is 0.120. The van der Waals surface area contributed by atoms with Gasteiger partial charge in [0.2, 0.25) is 0 Å². The lowest BCUT2D eigenvalue weighted by Gasteiger charge is -2.26. The van der Waals surface area contributed by atoms with Crippen LogP contribution in [0.2, 0.25) is 0 Å². The van der Waals surface area contributed by atoms with Crippen molar-refractivity contribution in [1.29, 1.82) is 0 Å². The van der Waals surface area contributed by atoms with E-state index in [2.05, 4.69) is 15.9 Å². The van der Waals surface area contributed by atoms with E-state index in [4.69, 9.17) is 14.5 Å². The van der Waals surface area contributed by atoms with E-state index < -0.39 is 12.0 Å². The predicted octanol–water partition coefficient (Wildman–Crippen LogP) is 7.14. The number of halogens is 2. The molecule has 1 aliphatic heterocycles. The van der Waals surface area contributed by atoms with Crippen molar-refractivity contribution >= 4 is 56.8 Å². The smallest absolute Gasteiger partial charge is 0.338 e. The number of hydrogen-bond acceptors (Lipinski definition) is 7. The third-order valence-corrected chi connectivity index (χ3v) is 9.71. The highest BCUT2D eigenvalue weighted by Crippen LogP contribution is 2.36. The monoisotopic (exact) mass is 714 g/mol. The van der Waals surface area contributed by atoms with E-state index in [1.807, 2.05) is 85.1 Å². The van der Waals surface area contributed by atoms with E-state index >= 15 is 0 Å². The van der Waals surface area contributed by atoms with Crippen molar-refractivity contribution in [1.82, 2.24) is 4.57 Å². The minimum atomic E-state index is -0.738. The highest BCUT2D eigenvalue weighted by Gasteiger charge is 2.35. The number of aromatic nitrogens is 1. The van der Waals surface area contributed by atoms with Crippen LogP contribution in [0.5, 0.6) is 5.75 Å². The molecular formula is C36H28BrFN2O4S2. The number of ether oxygens (including phenoxy) is 2. The van der Waals surface area contributed by atoms with Gasteiger partial charge in [0.15, 0.2) is 4.80 Å². The van der Waals surface area contributed by atoms with Crippen molar-refractivity contribution < 1.29 is 18.7 Å². The molecule has 2 heterocycles. The summed E-state index contributed by atoms with van der Waals surface area (Å²) in [5, 5.41) is 0. The van der Waals surface area contributed by atoms with Crippen molar-refractivity contribution in [2.45, 2.75) is 24.5 Å². The van der Waals surface area contributed by atoms with Crippen LogP contribution in [0, 0.1) is 5.82 Å². The Morgan fingerprint density at radius 2 is 1.78 bits per heavy atom. The van der Waals surface area contributed by atoms with Crippen molar-refractivity contribution in [2.24, 2.45) is 4.99 Å². The predicted molar refractivity (Wildman–Crippen MR) is 184 cm³/mol. The van der Waals surface area contributed by atoms with Crippen molar-refractivity contribution in [3.63, 3.8) is 0 Å². The van der Waals surface area contributed by atoms with E-state index in [0.717, 1.165) is 27.1 Å². The first-order valence-electron chi connectivity index (χ1n) is 14.5. The fourth-order valence-electron chi connectivity index (χ4n) is 5.16. The molecule has 1 aliphatic rings. The number of fused-ring (bicyclic) bond motifs is 1. The second-order valence-electron chi connectivity index (χ2n) is 10.3. The zero-order chi connectivity index (χ0) is 32.2. The average Bonchev–Trinajstić information content (AvgIpc) is 3.38. The molecule has 232 valence electrons. The molecule has 0 aliphatic carbocycles. The molecule has 0 saturated carbocycles. The Morgan fingerprint density at radius 3 is 2.46 bits per heavy atom. The Balaban J connectivity index is 1.45. The van der Waals surface area contributed by atoms with Crippen LogP contribution in [0.4, 0.5) is 4.39 Å². The summed E-state index contributed by atoms with van der Waals surface area (Å²) in [6, 6.07) is 28.3. The van der Waals surface area contributed by atoms with Crippen LogP contribution in [-0.4, -0.2) is 23.4 Å². The molecule has 4 aromatic carbocycles. The number of esters is 1. The summed E-state index contributed by atoms with van der Waals surface area (Å²) in [6.45, 7) is 2.22. The van der Waals surface area contributed by atoms with Gasteiger partial charge >= 0.3 is 5.97 Å². The lowest BCUT2D eigenvalue weighted by Crippen LogP contribution is -2.40. The first-order valence-corrected chi connectivity index (χ1v) is 17.3. The summed E-state index contributed by atoms with van der Waals surface area (Å²) in [7, 11) is 0. The lowest BCUT2D eigenvalue weighted by atomic mass is 9.93. The molecule has 1 atom stereocenters. The van der Waals surface area contributed by atoms with Gasteiger partial charge in [-0.15, -0.1) is 11.8 Å². The van der Waals surface area contributed by atoms with E-state index in [-0.39, 0.29) is 24.6 Å². The zero-order valence-corrected chi connectivity index (χ0v) is 28.1. The Kier molecular flexibility index (Phi) is 9.67. The second kappa shape index (κ2) is 14.0. The molecule has 5 aromatic rings. The molecule has 6 rings (SSSR count). The van der Waals surface area contributed by atoms with Crippen LogP contribution in [-0.2, 0) is 16.1 Å². The van der Waals surface area contributed by atoms with Gasteiger partial charge in [0, 0.05) is 10.5 Å². The van der Waals surface area contributed by atoms with Crippen molar-refractivity contribution in [3.8, 4) is 5.75 Å². The minimum Gasteiger partial charge on any atom is -0.488 e. The molecular weight excluding hydrogens is 687 g/mol. The topological polar surface area (TPSA) is 69.9 Å². The Hall–Kier alpha value is -4.25. The fourth-order valence-corrected chi connectivity index (χ4v) is 7.08. The molecule has 0 amide bonds. The van der Waals surface area contributed by atoms with Crippen LogP contribution >= 0.6 is 39.0 Å². The first kappa shape index (κ1) is 31.7. The van der Waals surface area contributed by atoms with E-state index in [0.29, 0.717) is 30.8 Å². The number of benzene rings is 4. The van der Waals surface area contributed by atoms with Crippen LogP contribution in [0.15, 0.2) is 122 Å². The highest BCUT2D eigenvalue weighted by atomic mass is 79.9. The number of carbonyl (C=O) groups excluding carboxylic acids is 1. The number of nitrogens with zero attached hydrogens (tertiary/aromatic N) is 2. The number of carbonyl (C=O) groups is 1. The largest absolute Gasteiger partial charge is 0.488 e. The molecule has 0 N–H and O–H groups in total. The number of thioether (sulfide) groups is 1. The summed E-state index contributed by atoms with van der Waals surface area (Å²) in [4.78, 5) is 34.3. The van der Waals surface area contributed by atoms with E-state index in [1.165, 1.54) is 23.5 Å². The molecule has 0 fully saturated rings. The first-order chi connectivity index (χ1) is 22.4. The van der Waals surface area contributed by atoms with Gasteiger partial charge in [0.25, 0.3) is 5.56 Å². The van der Waals surface area contributed by atoms with Gasteiger partial charge in [-0.2, -0.15) is 0 Å². The van der Waals surface area contributed by atoms with Gasteiger partial charge in [0.05, 0.1) is 32.9 Å². The lowest BCUT2D eigenvalue weighted by molar-refractivity contribution is -0.138. The maximum Gasteiger partial charge on any atom is 0.338 e. The number of thiazole rings is 1. The normalized spacial score (nSPS) is 14.5. The summed E-state index contributed by atoms with van der Waals surface area (Å²) in [6.07, 6.45) is 3.81. The summed E-state index contributed by atoms with van der Waals surface area (Å²) in [5.74, 6) is -0.200. The zero-order valence-electron chi connectivity index (χ0n) is 24.9. The summed E-state index contributed by atoms with van der Waals surface area (Å²) >= 11 is 6.47. The van der Waals surface area contributed by atoms with Gasteiger partial charge in [-0.1, -0.05) is 72.0 Å². The molecule has 0 unspecified atom stereocenters. The Labute approximate surface area is 281 Å². The van der Waals surface area contributed by atoms with Gasteiger partial charge in [-0.25, -0.2) is 14.2 Å². The minimum absolute atomic E-state index is 0.186. The van der Waals surface area contributed by atoms with Crippen molar-refractivity contribution in [3.05, 3.63) is 155 Å². The van der Waals surface area contributed by atoms with Crippen LogP contribution in [0.3, 0.4) is 0 Å². The van der Waals surface area contributed by atoms with E-state index in [9.17, 15) is 14.0 Å². The van der Waals surface area contributed by atoms with Gasteiger partial charge in [-0.05, 0) is 88.3 Å². The summed E-state index contributed by atoms with van der Waals surface area (Å²) < 4.78 is 27.5. The number of hydrogen-bond donors (Lipinski definition) is 0. The SMILES string of the molecule is CCOC(=O)C1=C(c2ccccc2)N=c2s/c(=C\c3ccc(OCc4ccc(F)cc4)c(Br)c3)c(=O)n2[C@@H]1c1ccc(SC)cc1. The Morgan fingerprint density at radius 1 is 1.04 bits per heavy atom. The van der Waals surface area contributed by atoms with Crippen LogP contribution in [0.1, 0.15) is 35.2 Å². The van der Waals surface area contributed by atoms with Crippen LogP contribution in [0.25, 0.3) is 11.8 Å². The molecule has 0 bridgehead atoms. The average molecular weight is 716 g/mol. The van der Waals surface area contributed by atoms with Crippen LogP contribution < -0.4 is 19.6 Å². The van der Waals surface area contributed by atoms with Gasteiger partial charge < -0.3 is 9.47 Å². The molecule has 6 nitrogen and oxygen atoms in total. The maximum absolute atomic E-state index is 14.2. The molecule has 1 aromatic heterocycles. The standard InChI is InChI=1S/C36H28BrFN2O4S2/c1-3-43-35(42)31-32(24-7-5-4-6-8-24)39-36-40(33(31)25-12-16-27(45-2)17-13-25)34(41)30(46-36)20-23-11-18-29(28(37)19-23)44-21-22-9-14-26(38)15-10-22/h4-20,33H,3,21H2,1-2H3/b30-20-/t33-/m1/s1. The van der Waals surface area contributed by atoms with Gasteiger partial charge in [0.1, 0.15) is 18.2 Å². The van der Waals surface area contributed by atoms with Gasteiger partial charge in [-0.3, -0.25) is 9.36 Å². The summed E-state index contributed by atoms with van der Waals surface area (Å²) in [5.41, 5.74) is 3.69. The van der Waals surface area contributed by atoms with Crippen molar-refractivity contribution in [2.75, 3.05) is 12.9 Å².